The van der Waals surface area contributed by atoms with E-state index >= 15 is 0 Å². The van der Waals surface area contributed by atoms with Gasteiger partial charge in [0.05, 0.1) is 0 Å². The molecule has 8 nitrogen and oxygen atoms in total. The zero-order valence-electron chi connectivity index (χ0n) is 18.4. The van der Waals surface area contributed by atoms with Gasteiger partial charge in [0.2, 0.25) is 17.7 Å². The van der Waals surface area contributed by atoms with Gasteiger partial charge in [0.15, 0.2) is 0 Å². The van der Waals surface area contributed by atoms with E-state index in [1.165, 1.54) is 4.90 Å². The number of hydrogen-bond donors (Lipinski definition) is 3. The highest BCUT2D eigenvalue weighted by Gasteiger charge is 2.61. The van der Waals surface area contributed by atoms with Crippen LogP contribution in [-0.2, 0) is 19.2 Å². The molecule has 1 heterocycles. The molecule has 172 valence electrons. The molecule has 0 radical (unpaired) electrons. The lowest BCUT2D eigenvalue weighted by molar-refractivity contribution is -0.146. The first-order valence-corrected chi connectivity index (χ1v) is 11.6. The maximum Gasteiger partial charge on any atom is 0.330 e. The minimum absolute atomic E-state index is 0.00439. The van der Waals surface area contributed by atoms with E-state index in [1.807, 2.05) is 0 Å². The molecule has 1 saturated heterocycles. The highest BCUT2D eigenvalue weighted by atomic mass is 16.4. The summed E-state index contributed by atoms with van der Waals surface area (Å²) >= 11 is 0. The van der Waals surface area contributed by atoms with Crippen LogP contribution in [0.2, 0.25) is 0 Å². The number of carbonyl (C=O) groups is 4. The number of unbranched alkanes of at least 4 members (excludes halogenated alkanes) is 3. The van der Waals surface area contributed by atoms with E-state index in [0.29, 0.717) is 32.2 Å². The van der Waals surface area contributed by atoms with Crippen LogP contribution in [0.1, 0.15) is 71.1 Å². The van der Waals surface area contributed by atoms with Crippen molar-refractivity contribution in [1.29, 1.82) is 0 Å². The zero-order chi connectivity index (χ0) is 22.6. The third-order valence-corrected chi connectivity index (χ3v) is 6.77. The minimum atomic E-state index is -1.31. The molecule has 0 spiro atoms. The minimum Gasteiger partial charge on any atom is -0.479 e. The van der Waals surface area contributed by atoms with E-state index in [9.17, 15) is 24.3 Å². The summed E-state index contributed by atoms with van der Waals surface area (Å²) in [6.07, 6.45) is 9.29. The van der Waals surface area contributed by atoms with Gasteiger partial charge in [0, 0.05) is 18.4 Å². The lowest BCUT2D eigenvalue weighted by Gasteiger charge is -2.29. The van der Waals surface area contributed by atoms with Gasteiger partial charge < -0.3 is 20.6 Å². The van der Waals surface area contributed by atoms with E-state index in [0.717, 1.165) is 38.5 Å². The monoisotopic (exact) mass is 433 g/mol. The van der Waals surface area contributed by atoms with Crippen molar-refractivity contribution in [2.75, 3.05) is 6.54 Å². The molecule has 1 aliphatic heterocycles. The first-order chi connectivity index (χ1) is 14.8. The molecule has 3 aliphatic rings. The summed E-state index contributed by atoms with van der Waals surface area (Å²) in [4.78, 5) is 51.9. The standard InChI is InChI=1S/C23H35N3O5/c1-3-5-6-7-9-17(24-19(27)15-11-12-15)21(29)26-13-8-10-18(26)20(28)25-23(22(30)31)14-16(23)4-2/h4,15-18H,2-3,5-14H2,1H3,(H,24,27)(H,25,28)(H,30,31)/t16-,17+,18+,23-/m1/s1. The average Bonchev–Trinajstić information content (AvgIpc) is 3.66. The van der Waals surface area contributed by atoms with Crippen LogP contribution in [0.4, 0.5) is 0 Å². The van der Waals surface area contributed by atoms with E-state index in [4.69, 9.17) is 0 Å². The van der Waals surface area contributed by atoms with Crippen molar-refractivity contribution in [2.24, 2.45) is 11.8 Å². The quantitative estimate of drug-likeness (QED) is 0.322. The van der Waals surface area contributed by atoms with Crippen molar-refractivity contribution in [3.63, 3.8) is 0 Å². The fourth-order valence-corrected chi connectivity index (χ4v) is 4.49. The maximum atomic E-state index is 13.3. The molecule has 0 unspecified atom stereocenters. The second kappa shape index (κ2) is 9.83. The Labute approximate surface area is 183 Å². The summed E-state index contributed by atoms with van der Waals surface area (Å²) < 4.78 is 0. The number of carbonyl (C=O) groups excluding carboxylic acids is 3. The van der Waals surface area contributed by atoms with Crippen molar-refractivity contribution >= 4 is 23.7 Å². The molecule has 0 aromatic heterocycles. The molecule has 0 aromatic rings. The van der Waals surface area contributed by atoms with E-state index in [1.54, 1.807) is 6.08 Å². The van der Waals surface area contributed by atoms with Crippen LogP contribution in [0, 0.1) is 11.8 Å². The first kappa shape index (κ1) is 23.3. The third-order valence-electron chi connectivity index (χ3n) is 6.77. The highest BCUT2D eigenvalue weighted by Crippen LogP contribution is 2.44. The number of nitrogens with one attached hydrogen (secondary N) is 2. The lowest BCUT2D eigenvalue weighted by atomic mass is 10.0. The maximum absolute atomic E-state index is 13.3. The van der Waals surface area contributed by atoms with Gasteiger partial charge in [-0.25, -0.2) is 4.79 Å². The topological polar surface area (TPSA) is 116 Å². The lowest BCUT2D eigenvalue weighted by Crippen LogP contribution is -2.56. The summed E-state index contributed by atoms with van der Waals surface area (Å²) in [6, 6.07) is -1.33. The van der Waals surface area contributed by atoms with Crippen molar-refractivity contribution in [3.8, 4) is 0 Å². The Hall–Kier alpha value is -2.38. The van der Waals surface area contributed by atoms with Crippen LogP contribution in [0.15, 0.2) is 12.7 Å². The fourth-order valence-electron chi connectivity index (χ4n) is 4.49. The molecule has 4 atom stereocenters. The van der Waals surface area contributed by atoms with Gasteiger partial charge in [-0.15, -0.1) is 6.58 Å². The van der Waals surface area contributed by atoms with Gasteiger partial charge in [-0.3, -0.25) is 14.4 Å². The van der Waals surface area contributed by atoms with Crippen molar-refractivity contribution in [2.45, 2.75) is 88.8 Å². The first-order valence-electron chi connectivity index (χ1n) is 11.6. The number of likely N-dealkylation sites (tertiary alicyclic amines) is 1. The van der Waals surface area contributed by atoms with Crippen LogP contribution in [0.5, 0.6) is 0 Å². The molecule has 3 fully saturated rings. The van der Waals surface area contributed by atoms with Crippen LogP contribution in [0.25, 0.3) is 0 Å². The van der Waals surface area contributed by atoms with Crippen LogP contribution < -0.4 is 10.6 Å². The van der Waals surface area contributed by atoms with E-state index in [2.05, 4.69) is 24.1 Å². The molecular weight excluding hydrogens is 398 g/mol. The molecule has 3 amide bonds. The van der Waals surface area contributed by atoms with Gasteiger partial charge in [-0.2, -0.15) is 0 Å². The van der Waals surface area contributed by atoms with Gasteiger partial charge in [0.1, 0.15) is 17.6 Å². The molecule has 2 aliphatic carbocycles. The Bertz CT molecular complexity index is 735. The fraction of sp³-hybridized carbons (Fsp3) is 0.739. The summed E-state index contributed by atoms with van der Waals surface area (Å²) in [5, 5.41) is 15.2. The number of rotatable bonds is 12. The highest BCUT2D eigenvalue weighted by molar-refractivity contribution is 5.96. The summed E-state index contributed by atoms with van der Waals surface area (Å²) in [6.45, 7) is 6.19. The van der Waals surface area contributed by atoms with Crippen molar-refractivity contribution < 1.29 is 24.3 Å². The Balaban J connectivity index is 1.65. The average molecular weight is 434 g/mol. The second-order valence-electron chi connectivity index (χ2n) is 9.19. The molecule has 3 rings (SSSR count). The van der Waals surface area contributed by atoms with Crippen LogP contribution in [-0.4, -0.2) is 57.9 Å². The summed E-state index contributed by atoms with van der Waals surface area (Å²) in [5.41, 5.74) is -1.31. The normalized spacial score (nSPS) is 28.0. The zero-order valence-corrected chi connectivity index (χ0v) is 18.4. The van der Waals surface area contributed by atoms with Gasteiger partial charge in [0.25, 0.3) is 0 Å². The molecule has 3 N–H and O–H groups in total. The van der Waals surface area contributed by atoms with Crippen LogP contribution in [0.3, 0.4) is 0 Å². The van der Waals surface area contributed by atoms with Crippen LogP contribution >= 0.6 is 0 Å². The summed E-state index contributed by atoms with van der Waals surface area (Å²) in [7, 11) is 0. The van der Waals surface area contributed by atoms with E-state index < -0.39 is 29.5 Å². The predicted molar refractivity (Wildman–Crippen MR) is 115 cm³/mol. The number of amides is 3. The Morgan fingerprint density at radius 1 is 1.16 bits per heavy atom. The smallest absolute Gasteiger partial charge is 0.330 e. The predicted octanol–water partition coefficient (Wildman–Crippen LogP) is 1.99. The SMILES string of the molecule is C=C[C@@H]1C[C@]1(NC(=O)[C@@H]1CCCN1C(=O)[C@H](CCCCCC)NC(=O)C1CC1)C(=O)O. The number of carboxylic acids is 1. The molecule has 0 aromatic carbocycles. The number of carboxylic acid groups (broad SMARTS) is 1. The molecule has 8 heteroatoms. The molecular formula is C23H35N3O5. The van der Waals surface area contributed by atoms with Gasteiger partial charge >= 0.3 is 5.97 Å². The summed E-state index contributed by atoms with van der Waals surface area (Å²) in [5.74, 6) is -2.12. The Kier molecular flexibility index (Phi) is 7.38. The number of aliphatic carboxylic acids is 1. The molecule has 2 saturated carbocycles. The van der Waals surface area contributed by atoms with Gasteiger partial charge in [-0.1, -0.05) is 38.7 Å². The second-order valence-corrected chi connectivity index (χ2v) is 9.19. The Morgan fingerprint density at radius 2 is 1.90 bits per heavy atom. The molecule has 0 bridgehead atoms. The van der Waals surface area contributed by atoms with Crippen molar-refractivity contribution in [3.05, 3.63) is 12.7 Å². The van der Waals surface area contributed by atoms with Gasteiger partial charge in [-0.05, 0) is 38.5 Å². The number of hydrogen-bond acceptors (Lipinski definition) is 4. The largest absolute Gasteiger partial charge is 0.479 e. The third kappa shape index (κ3) is 5.28. The number of nitrogens with zero attached hydrogens (tertiary/aromatic N) is 1. The van der Waals surface area contributed by atoms with Crippen molar-refractivity contribution in [1.82, 2.24) is 15.5 Å². The molecule has 31 heavy (non-hydrogen) atoms. The van der Waals surface area contributed by atoms with E-state index in [-0.39, 0.29) is 23.7 Å². The Morgan fingerprint density at radius 3 is 2.48 bits per heavy atom.